The van der Waals surface area contributed by atoms with Gasteiger partial charge in [-0.2, -0.15) is 5.26 Å². The van der Waals surface area contributed by atoms with E-state index in [4.69, 9.17) is 13.9 Å². The smallest absolute Gasteiger partial charge is 0.344 e. The number of nitrogens with zero attached hydrogens (tertiary/aromatic N) is 1. The van der Waals surface area contributed by atoms with Crippen molar-refractivity contribution < 1.29 is 13.9 Å². The zero-order chi connectivity index (χ0) is 16.8. The maximum Gasteiger partial charge on any atom is 0.344 e. The number of aryl methyl sites for hydroxylation is 1. The number of ether oxygens (including phenoxy) is 2. The number of hydrogen-bond donors (Lipinski definition) is 0. The van der Waals surface area contributed by atoms with Crippen molar-refractivity contribution in [3.05, 3.63) is 33.9 Å². The summed E-state index contributed by atoms with van der Waals surface area (Å²) in [6.45, 7) is 2.14. The summed E-state index contributed by atoms with van der Waals surface area (Å²) < 4.78 is 15.9. The quantitative estimate of drug-likeness (QED) is 0.727. The number of hydrogen-bond acceptors (Lipinski definition) is 5. The highest BCUT2D eigenvalue weighted by Gasteiger charge is 2.17. The van der Waals surface area contributed by atoms with E-state index in [2.05, 4.69) is 13.0 Å². The van der Waals surface area contributed by atoms with Crippen LogP contribution in [0.1, 0.15) is 43.9 Å². The molecule has 5 nitrogen and oxygen atoms in total. The van der Waals surface area contributed by atoms with Crippen LogP contribution in [0.15, 0.2) is 21.3 Å². The van der Waals surface area contributed by atoms with Crippen molar-refractivity contribution in [3.8, 4) is 17.6 Å². The molecule has 1 aromatic carbocycles. The minimum absolute atomic E-state index is 0.330. The van der Waals surface area contributed by atoms with Crippen molar-refractivity contribution in [2.24, 2.45) is 0 Å². The number of rotatable bonds is 7. The average Bonchev–Trinajstić information content (AvgIpc) is 2.57. The number of benzene rings is 1. The summed E-state index contributed by atoms with van der Waals surface area (Å²) in [7, 11) is 3.02. The first-order valence-corrected chi connectivity index (χ1v) is 7.78. The lowest BCUT2D eigenvalue weighted by atomic mass is 10.0. The van der Waals surface area contributed by atoms with Crippen molar-refractivity contribution in [1.29, 1.82) is 5.26 Å². The van der Waals surface area contributed by atoms with Gasteiger partial charge in [0.15, 0.2) is 11.5 Å². The van der Waals surface area contributed by atoms with Gasteiger partial charge in [0, 0.05) is 11.8 Å². The monoisotopic (exact) mass is 315 g/mol. The standard InChI is InChI=1S/C18H21NO4/c1-4-5-6-7-8-15-14(11-19)12-9-16(21-2)17(22-3)10-13(12)18(20)23-15/h9-10H,4-8H2,1-3H3. The lowest BCUT2D eigenvalue weighted by Gasteiger charge is -2.11. The lowest BCUT2D eigenvalue weighted by Crippen LogP contribution is -2.06. The molecule has 5 heteroatoms. The third-order valence-corrected chi connectivity index (χ3v) is 3.88. The fourth-order valence-electron chi connectivity index (χ4n) is 2.63. The molecule has 0 N–H and O–H groups in total. The van der Waals surface area contributed by atoms with Gasteiger partial charge < -0.3 is 13.9 Å². The summed E-state index contributed by atoms with van der Waals surface area (Å²) in [4.78, 5) is 12.3. The van der Waals surface area contributed by atoms with Gasteiger partial charge in [-0.3, -0.25) is 0 Å². The molecule has 1 heterocycles. The Bertz CT molecular complexity index is 786. The Labute approximate surface area is 135 Å². The van der Waals surface area contributed by atoms with Crippen LogP contribution in [-0.4, -0.2) is 14.2 Å². The third-order valence-electron chi connectivity index (χ3n) is 3.88. The largest absolute Gasteiger partial charge is 0.493 e. The Hall–Kier alpha value is -2.48. The molecule has 2 aromatic rings. The minimum Gasteiger partial charge on any atom is -0.493 e. The summed E-state index contributed by atoms with van der Waals surface area (Å²) in [5.41, 5.74) is -0.0532. The summed E-state index contributed by atoms with van der Waals surface area (Å²) in [6, 6.07) is 5.39. The fraction of sp³-hybridized carbons (Fsp3) is 0.444. The second-order valence-electron chi connectivity index (χ2n) is 5.36. The molecule has 0 radical (unpaired) electrons. The summed E-state index contributed by atoms with van der Waals surface area (Å²) >= 11 is 0. The Balaban J connectivity index is 2.55. The Morgan fingerprint density at radius 2 is 1.74 bits per heavy atom. The fourth-order valence-corrected chi connectivity index (χ4v) is 2.63. The summed E-state index contributed by atoms with van der Waals surface area (Å²) in [6.07, 6.45) is 4.79. The molecular weight excluding hydrogens is 294 g/mol. The van der Waals surface area contributed by atoms with Crippen LogP contribution >= 0.6 is 0 Å². The molecule has 0 saturated heterocycles. The van der Waals surface area contributed by atoms with E-state index in [1.54, 1.807) is 12.1 Å². The second kappa shape index (κ2) is 7.68. The van der Waals surface area contributed by atoms with E-state index in [0.29, 0.717) is 40.0 Å². The number of unbranched alkanes of at least 4 members (excludes halogenated alkanes) is 3. The normalized spacial score (nSPS) is 10.5. The van der Waals surface area contributed by atoms with Crippen LogP contribution in [0.4, 0.5) is 0 Å². The van der Waals surface area contributed by atoms with Gasteiger partial charge in [0.1, 0.15) is 11.8 Å². The van der Waals surface area contributed by atoms with Crippen LogP contribution in [0.2, 0.25) is 0 Å². The highest BCUT2D eigenvalue weighted by molar-refractivity contribution is 5.90. The van der Waals surface area contributed by atoms with Crippen molar-refractivity contribution in [2.45, 2.75) is 39.0 Å². The van der Waals surface area contributed by atoms with Gasteiger partial charge in [-0.25, -0.2) is 4.79 Å². The van der Waals surface area contributed by atoms with Gasteiger partial charge in [0.25, 0.3) is 0 Å². The molecule has 0 aliphatic rings. The molecule has 0 aliphatic carbocycles. The van der Waals surface area contributed by atoms with Gasteiger partial charge in [-0.05, 0) is 18.6 Å². The van der Waals surface area contributed by atoms with E-state index in [1.807, 2.05) is 0 Å². The van der Waals surface area contributed by atoms with Gasteiger partial charge in [0.05, 0.1) is 25.2 Å². The molecule has 1 aromatic heterocycles. The van der Waals surface area contributed by atoms with Gasteiger partial charge >= 0.3 is 5.63 Å². The van der Waals surface area contributed by atoms with E-state index in [1.165, 1.54) is 14.2 Å². The van der Waals surface area contributed by atoms with Crippen molar-refractivity contribution >= 4 is 10.8 Å². The maximum absolute atomic E-state index is 12.3. The minimum atomic E-state index is -0.453. The van der Waals surface area contributed by atoms with Crippen molar-refractivity contribution in [3.63, 3.8) is 0 Å². The van der Waals surface area contributed by atoms with E-state index in [0.717, 1.165) is 25.7 Å². The Kier molecular flexibility index (Phi) is 5.64. The van der Waals surface area contributed by atoms with Crippen LogP contribution in [0.5, 0.6) is 11.5 Å². The molecule has 0 bridgehead atoms. The molecule has 0 fully saturated rings. The van der Waals surface area contributed by atoms with E-state index >= 15 is 0 Å². The summed E-state index contributed by atoms with van der Waals surface area (Å²) in [5, 5.41) is 10.4. The van der Waals surface area contributed by atoms with Crippen LogP contribution in [0.3, 0.4) is 0 Å². The first kappa shape index (κ1) is 16.9. The van der Waals surface area contributed by atoms with Crippen molar-refractivity contribution in [2.75, 3.05) is 14.2 Å². The van der Waals surface area contributed by atoms with E-state index < -0.39 is 5.63 Å². The predicted molar refractivity (Wildman–Crippen MR) is 88.1 cm³/mol. The zero-order valence-corrected chi connectivity index (χ0v) is 13.8. The molecule has 0 atom stereocenters. The molecule has 2 rings (SSSR count). The van der Waals surface area contributed by atoms with Gasteiger partial charge in [0.2, 0.25) is 0 Å². The SMILES string of the molecule is CCCCCCc1oc(=O)c2cc(OC)c(OC)cc2c1C#N. The molecule has 0 spiro atoms. The van der Waals surface area contributed by atoms with Crippen LogP contribution in [0, 0.1) is 11.3 Å². The van der Waals surface area contributed by atoms with E-state index in [9.17, 15) is 10.1 Å². The maximum atomic E-state index is 12.3. The molecule has 23 heavy (non-hydrogen) atoms. The first-order valence-electron chi connectivity index (χ1n) is 7.78. The Morgan fingerprint density at radius 3 is 2.30 bits per heavy atom. The molecule has 0 unspecified atom stereocenters. The molecule has 0 aliphatic heterocycles. The van der Waals surface area contributed by atoms with Crippen LogP contribution in [0.25, 0.3) is 10.8 Å². The average molecular weight is 315 g/mol. The third kappa shape index (κ3) is 3.48. The highest BCUT2D eigenvalue weighted by atomic mass is 16.5. The predicted octanol–water partition coefficient (Wildman–Crippen LogP) is 3.80. The molecule has 122 valence electrons. The van der Waals surface area contributed by atoms with Crippen LogP contribution < -0.4 is 15.1 Å². The summed E-state index contributed by atoms with van der Waals surface area (Å²) in [5.74, 6) is 1.37. The van der Waals surface area contributed by atoms with Gasteiger partial charge in [-0.1, -0.05) is 26.2 Å². The molecular formula is C18H21NO4. The first-order chi connectivity index (χ1) is 11.2. The molecule has 0 amide bonds. The number of nitriles is 1. The van der Waals surface area contributed by atoms with E-state index in [-0.39, 0.29) is 0 Å². The van der Waals surface area contributed by atoms with Crippen LogP contribution in [-0.2, 0) is 6.42 Å². The number of methoxy groups -OCH3 is 2. The number of fused-ring (bicyclic) bond motifs is 1. The Morgan fingerprint density at radius 1 is 1.09 bits per heavy atom. The second-order valence-corrected chi connectivity index (χ2v) is 5.36. The molecule has 0 saturated carbocycles. The zero-order valence-electron chi connectivity index (χ0n) is 13.8. The van der Waals surface area contributed by atoms with Gasteiger partial charge in [-0.15, -0.1) is 0 Å². The van der Waals surface area contributed by atoms with Crippen molar-refractivity contribution in [1.82, 2.24) is 0 Å². The highest BCUT2D eigenvalue weighted by Crippen LogP contribution is 2.33. The lowest BCUT2D eigenvalue weighted by molar-refractivity contribution is 0.355. The topological polar surface area (TPSA) is 72.5 Å².